The Morgan fingerprint density at radius 1 is 1.16 bits per heavy atom. The van der Waals surface area contributed by atoms with E-state index in [0.29, 0.717) is 5.56 Å². The zero-order chi connectivity index (χ0) is 13.4. The summed E-state index contributed by atoms with van der Waals surface area (Å²) in [5.74, 6) is 0. The lowest BCUT2D eigenvalue weighted by Crippen LogP contribution is -2.28. The first kappa shape index (κ1) is 12.3. The summed E-state index contributed by atoms with van der Waals surface area (Å²) in [4.78, 5) is 10.7. The molecule has 0 saturated carbocycles. The summed E-state index contributed by atoms with van der Waals surface area (Å²) in [5.41, 5.74) is 2.82. The molecule has 0 bridgehead atoms. The van der Waals surface area contributed by atoms with Gasteiger partial charge in [0.1, 0.15) is 23.1 Å². The van der Waals surface area contributed by atoms with Gasteiger partial charge in [0.25, 0.3) is 5.01 Å². The lowest BCUT2D eigenvalue weighted by molar-refractivity contribution is -0.629. The van der Waals surface area contributed by atoms with Crippen molar-refractivity contribution in [2.24, 2.45) is 7.05 Å². The Morgan fingerprint density at radius 2 is 1.89 bits per heavy atom. The third-order valence-electron chi connectivity index (χ3n) is 3.09. The Morgan fingerprint density at radius 3 is 2.53 bits per heavy atom. The first-order chi connectivity index (χ1) is 9.20. The topological polar surface area (TPSA) is 20.9 Å². The van der Waals surface area contributed by atoms with Crippen molar-refractivity contribution < 1.29 is 9.36 Å². The van der Waals surface area contributed by atoms with Gasteiger partial charge in [-0.3, -0.25) is 4.79 Å². The molecular weight excluding hydrogens is 278 g/mol. The molecule has 1 aromatic heterocycles. The summed E-state index contributed by atoms with van der Waals surface area (Å²) in [6.45, 7) is 0. The van der Waals surface area contributed by atoms with Crippen molar-refractivity contribution in [1.29, 1.82) is 0 Å². The summed E-state index contributed by atoms with van der Waals surface area (Å²) in [5, 5.41) is 1.88. The van der Waals surface area contributed by atoms with E-state index in [-0.39, 0.29) is 0 Å². The van der Waals surface area contributed by atoms with Gasteiger partial charge in [0.05, 0.1) is 5.56 Å². The molecule has 0 radical (unpaired) electrons. The maximum Gasteiger partial charge on any atom is 0.269 e. The van der Waals surface area contributed by atoms with Crippen LogP contribution in [0, 0.1) is 0 Å². The fraction of sp³-hybridized carbons (Fsp3) is 0.0667. The predicted octanol–water partition coefficient (Wildman–Crippen LogP) is 3.86. The number of aldehydes is 1. The number of carbonyl (C=O) groups is 1. The lowest BCUT2D eigenvalue weighted by atomic mass is 10.1. The van der Waals surface area contributed by atoms with Crippen molar-refractivity contribution in [2.45, 2.75) is 0 Å². The molecule has 19 heavy (non-hydrogen) atoms. The van der Waals surface area contributed by atoms with E-state index < -0.39 is 0 Å². The molecule has 3 rings (SSSR count). The van der Waals surface area contributed by atoms with E-state index >= 15 is 0 Å². The Balaban J connectivity index is 2.22. The molecule has 94 valence electrons. The molecule has 2 aromatic carbocycles. The minimum absolute atomic E-state index is 0.686. The Kier molecular flexibility index (Phi) is 3.09. The van der Waals surface area contributed by atoms with Gasteiger partial charge in [-0.15, -0.1) is 0 Å². The van der Waals surface area contributed by atoms with Gasteiger partial charge in [-0.05, 0) is 24.3 Å². The van der Waals surface area contributed by atoms with Crippen LogP contribution < -0.4 is 4.57 Å². The summed E-state index contributed by atoms with van der Waals surface area (Å²) in [6.07, 6.45) is 0.853. The van der Waals surface area contributed by atoms with Gasteiger partial charge in [0.15, 0.2) is 0 Å². The van der Waals surface area contributed by atoms with Gasteiger partial charge < -0.3 is 0 Å². The number of benzene rings is 2. The second-order valence-corrected chi connectivity index (χ2v) is 5.73. The molecule has 0 aliphatic heterocycles. The largest absolute Gasteiger partial charge is 0.298 e. The molecule has 0 atom stereocenters. The van der Waals surface area contributed by atoms with Crippen LogP contribution in [0.15, 0.2) is 42.5 Å². The van der Waals surface area contributed by atoms with Crippen molar-refractivity contribution in [3.63, 3.8) is 0 Å². The highest BCUT2D eigenvalue weighted by Gasteiger charge is 2.20. The molecule has 4 heteroatoms. The van der Waals surface area contributed by atoms with Crippen LogP contribution in [-0.4, -0.2) is 6.29 Å². The van der Waals surface area contributed by atoms with Gasteiger partial charge in [-0.1, -0.05) is 41.1 Å². The first-order valence-electron chi connectivity index (χ1n) is 5.83. The minimum atomic E-state index is 0.686. The van der Waals surface area contributed by atoms with Gasteiger partial charge in [-0.2, -0.15) is 4.57 Å². The number of hydrogen-bond donors (Lipinski definition) is 0. The number of aryl methyl sites for hydroxylation is 1. The van der Waals surface area contributed by atoms with Gasteiger partial charge in [0.2, 0.25) is 5.52 Å². The molecule has 0 N–H and O–H groups in total. The highest BCUT2D eigenvalue weighted by molar-refractivity contribution is 7.21. The number of thiazole rings is 1. The fourth-order valence-corrected chi connectivity index (χ4v) is 3.67. The summed E-state index contributed by atoms with van der Waals surface area (Å²) < 4.78 is 3.25. The number of carbonyl (C=O) groups excluding carboxylic acids is 1. The lowest BCUT2D eigenvalue weighted by Gasteiger charge is -1.95. The average molecular weight is 289 g/mol. The Bertz CT molecular complexity index is 762. The molecule has 0 aliphatic rings. The monoisotopic (exact) mass is 288 g/mol. The SMILES string of the molecule is C[n+]1c(-c2ccc(C=O)cc2)sc2cccc(Cl)c21. The third-order valence-corrected chi connectivity index (χ3v) is 4.65. The maximum atomic E-state index is 10.7. The molecule has 3 aromatic rings. The third kappa shape index (κ3) is 2.05. The summed E-state index contributed by atoms with van der Waals surface area (Å²) in [7, 11) is 2.01. The summed E-state index contributed by atoms with van der Waals surface area (Å²) in [6, 6.07) is 13.5. The molecule has 0 amide bonds. The van der Waals surface area contributed by atoms with E-state index in [9.17, 15) is 4.79 Å². The highest BCUT2D eigenvalue weighted by atomic mass is 35.5. The van der Waals surface area contributed by atoms with Crippen LogP contribution in [0.25, 0.3) is 20.8 Å². The van der Waals surface area contributed by atoms with Crippen LogP contribution in [0.2, 0.25) is 5.02 Å². The molecular formula is C15H11ClNOS+. The second kappa shape index (κ2) is 4.76. The van der Waals surface area contributed by atoms with Gasteiger partial charge in [0, 0.05) is 5.56 Å². The molecule has 0 saturated heterocycles. The van der Waals surface area contributed by atoms with E-state index in [0.717, 1.165) is 32.1 Å². The predicted molar refractivity (Wildman–Crippen MR) is 78.8 cm³/mol. The standard InChI is InChI=1S/C15H11ClNOS/c1-17-14-12(16)3-2-4-13(14)19-15(17)11-7-5-10(9-18)6-8-11/h2-9H,1H3/q+1. The smallest absolute Gasteiger partial charge is 0.269 e. The van der Waals surface area contributed by atoms with Crippen molar-refractivity contribution >= 4 is 39.4 Å². The van der Waals surface area contributed by atoms with Crippen molar-refractivity contribution in [2.75, 3.05) is 0 Å². The number of aromatic nitrogens is 1. The normalized spacial score (nSPS) is 10.8. The average Bonchev–Trinajstić information content (AvgIpc) is 2.78. The van der Waals surface area contributed by atoms with Crippen molar-refractivity contribution in [3.8, 4) is 10.6 Å². The molecule has 0 fully saturated rings. The quantitative estimate of drug-likeness (QED) is 0.518. The second-order valence-electron chi connectivity index (χ2n) is 4.29. The van der Waals surface area contributed by atoms with Crippen LogP contribution in [0.5, 0.6) is 0 Å². The van der Waals surface area contributed by atoms with E-state index in [1.54, 1.807) is 11.3 Å². The number of para-hydroxylation sites is 1. The number of halogens is 1. The number of hydrogen-bond acceptors (Lipinski definition) is 2. The maximum absolute atomic E-state index is 10.7. The van der Waals surface area contributed by atoms with E-state index in [1.165, 1.54) is 0 Å². The Hall–Kier alpha value is -1.71. The minimum Gasteiger partial charge on any atom is -0.298 e. The van der Waals surface area contributed by atoms with Crippen molar-refractivity contribution in [1.82, 2.24) is 0 Å². The zero-order valence-electron chi connectivity index (χ0n) is 10.3. The van der Waals surface area contributed by atoms with Crippen LogP contribution in [-0.2, 0) is 7.05 Å². The molecule has 0 unspecified atom stereocenters. The fourth-order valence-electron chi connectivity index (χ4n) is 2.13. The van der Waals surface area contributed by atoms with E-state index in [2.05, 4.69) is 10.6 Å². The molecule has 1 heterocycles. The molecule has 0 spiro atoms. The number of nitrogens with zero attached hydrogens (tertiary/aromatic N) is 1. The zero-order valence-corrected chi connectivity index (χ0v) is 11.8. The first-order valence-corrected chi connectivity index (χ1v) is 7.03. The van der Waals surface area contributed by atoms with Crippen LogP contribution in [0.3, 0.4) is 0 Å². The number of fused-ring (bicyclic) bond motifs is 1. The summed E-state index contributed by atoms with van der Waals surface area (Å²) >= 11 is 7.95. The Labute approximate surface area is 119 Å². The van der Waals surface area contributed by atoms with Crippen LogP contribution >= 0.6 is 22.9 Å². The van der Waals surface area contributed by atoms with E-state index in [4.69, 9.17) is 11.6 Å². The van der Waals surface area contributed by atoms with E-state index in [1.807, 2.05) is 43.4 Å². The van der Waals surface area contributed by atoms with Crippen molar-refractivity contribution in [3.05, 3.63) is 53.1 Å². The highest BCUT2D eigenvalue weighted by Crippen LogP contribution is 2.31. The number of rotatable bonds is 2. The molecule has 2 nitrogen and oxygen atoms in total. The molecule has 0 aliphatic carbocycles. The van der Waals surface area contributed by atoms with Gasteiger partial charge in [-0.25, -0.2) is 0 Å². The van der Waals surface area contributed by atoms with Crippen LogP contribution in [0.4, 0.5) is 0 Å². The van der Waals surface area contributed by atoms with Crippen LogP contribution in [0.1, 0.15) is 10.4 Å². The van der Waals surface area contributed by atoms with Gasteiger partial charge >= 0.3 is 0 Å².